The van der Waals surface area contributed by atoms with Gasteiger partial charge >= 0.3 is 0 Å². The number of aryl methyl sites for hydroxylation is 1. The molecular formula is C16H19N2O3S-. The third-order valence-electron chi connectivity index (χ3n) is 2.89. The van der Waals surface area contributed by atoms with Crippen LogP contribution in [0.15, 0.2) is 48.5 Å². The van der Waals surface area contributed by atoms with Gasteiger partial charge < -0.3 is 9.45 Å². The molecule has 0 saturated heterocycles. The molecule has 2 rings (SSSR count). The molecule has 0 aliphatic carbocycles. The second-order valence-electron chi connectivity index (χ2n) is 4.75. The molecule has 1 unspecified atom stereocenters. The summed E-state index contributed by atoms with van der Waals surface area (Å²) in [4.78, 5) is 11.3. The van der Waals surface area contributed by atoms with Crippen LogP contribution in [0.3, 0.4) is 0 Å². The number of nitrogens with zero attached hydrogens (tertiary/aromatic N) is 1. The number of benzene rings is 2. The highest BCUT2D eigenvalue weighted by molar-refractivity contribution is 7.77. The zero-order valence-electron chi connectivity index (χ0n) is 12.8. The molecule has 0 spiro atoms. The first-order valence-electron chi connectivity index (χ1n) is 6.58. The fraction of sp³-hybridized carbons (Fsp3) is 0.188. The molecule has 0 fully saturated rings. The van der Waals surface area contributed by atoms with E-state index >= 15 is 0 Å². The molecule has 1 amide bonds. The van der Waals surface area contributed by atoms with Crippen molar-refractivity contribution >= 4 is 23.4 Å². The third-order valence-corrected chi connectivity index (χ3v) is 3.18. The van der Waals surface area contributed by atoms with Crippen molar-refractivity contribution in [2.75, 3.05) is 19.0 Å². The van der Waals surface area contributed by atoms with Crippen molar-refractivity contribution in [2.45, 2.75) is 6.92 Å². The van der Waals surface area contributed by atoms with Crippen LogP contribution in [0.2, 0.25) is 0 Å². The molecule has 1 N–H and O–H groups in total. The zero-order chi connectivity index (χ0) is 16.5. The van der Waals surface area contributed by atoms with Crippen molar-refractivity contribution in [3.05, 3.63) is 54.1 Å². The van der Waals surface area contributed by atoms with E-state index in [0.717, 1.165) is 0 Å². The first kappa shape index (κ1) is 17.9. The van der Waals surface area contributed by atoms with Crippen LogP contribution in [0.5, 0.6) is 0 Å². The number of carbonyl (C=O) groups excluding carboxylic acids is 1. The lowest BCUT2D eigenvalue weighted by atomic mass is 10.0. The molecule has 6 heteroatoms. The summed E-state index contributed by atoms with van der Waals surface area (Å²) in [5.41, 5.74) is 5.11. The smallest absolute Gasteiger partial charge is 0.217 e. The summed E-state index contributed by atoms with van der Waals surface area (Å²) in [6, 6.07) is 17.1. The fourth-order valence-corrected chi connectivity index (χ4v) is 1.96. The molecule has 2 aromatic rings. The maximum Gasteiger partial charge on any atom is 0.217 e. The van der Waals surface area contributed by atoms with Gasteiger partial charge in [0.2, 0.25) is 6.41 Å². The minimum Gasteiger partial charge on any atom is -0.755 e. The molecule has 0 aliphatic rings. The lowest BCUT2D eigenvalue weighted by molar-refractivity contribution is -0.108. The van der Waals surface area contributed by atoms with Crippen molar-refractivity contribution in [2.24, 2.45) is 0 Å². The van der Waals surface area contributed by atoms with E-state index in [-0.39, 0.29) is 6.41 Å². The minimum absolute atomic E-state index is 0.0864. The van der Waals surface area contributed by atoms with Gasteiger partial charge in [0.15, 0.2) is 0 Å². The molecule has 0 bridgehead atoms. The first-order chi connectivity index (χ1) is 10.5. The van der Waals surface area contributed by atoms with E-state index in [2.05, 4.69) is 74.4 Å². The number of hydrogen-bond acceptors (Lipinski definition) is 4. The molecule has 5 nitrogen and oxygen atoms in total. The average molecular weight is 319 g/mol. The second-order valence-corrected chi connectivity index (χ2v) is 5.45. The predicted octanol–water partition coefficient (Wildman–Crippen LogP) is 2.25. The Morgan fingerprint density at radius 3 is 2.14 bits per heavy atom. The number of nitrogens with one attached hydrogen (secondary N) is 1. The van der Waals surface area contributed by atoms with Crippen LogP contribution in [0.1, 0.15) is 5.56 Å². The Labute approximate surface area is 133 Å². The van der Waals surface area contributed by atoms with E-state index in [4.69, 9.17) is 4.79 Å². The van der Waals surface area contributed by atoms with Crippen LogP contribution >= 0.6 is 0 Å². The molecule has 0 heterocycles. The summed E-state index contributed by atoms with van der Waals surface area (Å²) in [5.74, 6) is 0. The topological polar surface area (TPSA) is 72.5 Å². The Balaban J connectivity index is 0.000000346. The van der Waals surface area contributed by atoms with E-state index in [1.165, 1.54) is 27.1 Å². The van der Waals surface area contributed by atoms with E-state index in [0.29, 0.717) is 0 Å². The van der Waals surface area contributed by atoms with Gasteiger partial charge in [-0.25, -0.2) is 0 Å². The number of rotatable bonds is 4. The number of carbonyl (C=O) groups is 1. The van der Waals surface area contributed by atoms with Crippen LogP contribution in [0.4, 0.5) is 5.69 Å². The quantitative estimate of drug-likeness (QED) is 0.693. The minimum atomic E-state index is -2.43. The molecule has 0 saturated carbocycles. The van der Waals surface area contributed by atoms with Crippen molar-refractivity contribution in [3.63, 3.8) is 0 Å². The van der Waals surface area contributed by atoms with Crippen molar-refractivity contribution in [1.82, 2.24) is 4.72 Å². The normalized spacial score (nSPS) is 10.9. The highest BCUT2D eigenvalue weighted by Gasteiger charge is 2.05. The lowest BCUT2D eigenvalue weighted by Crippen LogP contribution is -2.12. The maximum absolute atomic E-state index is 9.26. The Morgan fingerprint density at radius 1 is 1.09 bits per heavy atom. The van der Waals surface area contributed by atoms with Gasteiger partial charge in [-0.2, -0.15) is 0 Å². The van der Waals surface area contributed by atoms with E-state index < -0.39 is 11.3 Å². The van der Waals surface area contributed by atoms with E-state index in [9.17, 15) is 8.76 Å². The maximum atomic E-state index is 9.26. The van der Waals surface area contributed by atoms with Gasteiger partial charge in [-0.3, -0.25) is 13.7 Å². The monoisotopic (exact) mass is 319 g/mol. The molecule has 0 aliphatic heterocycles. The van der Waals surface area contributed by atoms with Crippen molar-refractivity contribution < 1.29 is 13.6 Å². The van der Waals surface area contributed by atoms with Crippen LogP contribution < -0.4 is 9.62 Å². The van der Waals surface area contributed by atoms with Crippen LogP contribution in [-0.4, -0.2) is 29.3 Å². The van der Waals surface area contributed by atoms with Crippen LogP contribution in [0, 0.1) is 6.92 Å². The fourth-order valence-electron chi connectivity index (χ4n) is 1.88. The van der Waals surface area contributed by atoms with Crippen molar-refractivity contribution in [3.8, 4) is 11.1 Å². The Kier molecular flexibility index (Phi) is 7.28. The molecule has 118 valence electrons. The zero-order valence-corrected chi connectivity index (χ0v) is 13.6. The average Bonchev–Trinajstić information content (AvgIpc) is 2.48. The Hall–Kier alpha value is -2.18. The van der Waals surface area contributed by atoms with Crippen LogP contribution in [0.25, 0.3) is 11.1 Å². The third kappa shape index (κ3) is 5.67. The summed E-state index contributed by atoms with van der Waals surface area (Å²) in [7, 11) is 4.15. The molecule has 1 atom stereocenters. The van der Waals surface area contributed by atoms with Gasteiger partial charge in [-0.1, -0.05) is 48.0 Å². The number of para-hydroxylation sites is 1. The summed E-state index contributed by atoms with van der Waals surface area (Å²) in [6.07, 6.45) is 0.0864. The highest BCUT2D eigenvalue weighted by atomic mass is 32.2. The number of anilines is 1. The SMILES string of the molecule is Cc1ccc(-c2ccccc2N(C)C)cc1.O=CNS(=O)[O-]. The molecule has 0 aromatic heterocycles. The Morgan fingerprint density at radius 2 is 1.68 bits per heavy atom. The first-order valence-corrected chi connectivity index (χ1v) is 7.65. The van der Waals surface area contributed by atoms with Gasteiger partial charge in [-0.05, 0) is 18.6 Å². The molecule has 0 radical (unpaired) electrons. The molecular weight excluding hydrogens is 300 g/mol. The van der Waals surface area contributed by atoms with E-state index in [1.807, 2.05) is 0 Å². The largest absolute Gasteiger partial charge is 0.755 e. The van der Waals surface area contributed by atoms with Crippen LogP contribution in [-0.2, 0) is 16.1 Å². The van der Waals surface area contributed by atoms with Gasteiger partial charge in [0.05, 0.1) is 0 Å². The standard InChI is InChI=1S/C15H17N.CH3NO3S/c1-12-8-10-13(11-9-12)14-6-4-5-7-15(14)16(2)3;3-1-2-6(4)5/h4-11H,1-3H3;1H,(H,2,3)(H,4,5)/p-1. The molecule has 22 heavy (non-hydrogen) atoms. The summed E-state index contributed by atoms with van der Waals surface area (Å²) < 4.78 is 20.0. The van der Waals surface area contributed by atoms with Crippen molar-refractivity contribution in [1.29, 1.82) is 0 Å². The van der Waals surface area contributed by atoms with Gasteiger partial charge in [-0.15, -0.1) is 0 Å². The lowest BCUT2D eigenvalue weighted by Gasteiger charge is -2.17. The summed E-state index contributed by atoms with van der Waals surface area (Å²) >= 11 is -2.43. The van der Waals surface area contributed by atoms with Gasteiger partial charge in [0.25, 0.3) is 0 Å². The second kappa shape index (κ2) is 8.96. The molecule has 2 aromatic carbocycles. The van der Waals surface area contributed by atoms with Gasteiger partial charge in [0, 0.05) is 36.6 Å². The predicted molar refractivity (Wildman–Crippen MR) is 89.1 cm³/mol. The number of hydrogen-bond donors (Lipinski definition) is 1. The van der Waals surface area contributed by atoms with E-state index in [1.54, 1.807) is 0 Å². The highest BCUT2D eigenvalue weighted by Crippen LogP contribution is 2.29. The van der Waals surface area contributed by atoms with Gasteiger partial charge in [0.1, 0.15) is 0 Å². The summed E-state index contributed by atoms with van der Waals surface area (Å²) in [5, 5.41) is 0. The summed E-state index contributed by atoms with van der Waals surface area (Å²) in [6.45, 7) is 2.11. The number of amides is 1. The Bertz CT molecular complexity index is 628.